The number of nitro groups is 1. The molecule has 9 heteroatoms. The Hall–Kier alpha value is -2.84. The van der Waals surface area contributed by atoms with E-state index in [0.717, 1.165) is 6.20 Å². The van der Waals surface area contributed by atoms with Crippen molar-refractivity contribution >= 4 is 11.7 Å². The molecule has 0 unspecified atom stereocenters. The predicted molar refractivity (Wildman–Crippen MR) is 78.5 cm³/mol. The lowest BCUT2D eigenvalue weighted by atomic mass is 10.2. The number of carbonyl (C=O) groups is 1. The first kappa shape index (κ1) is 16.5. The summed E-state index contributed by atoms with van der Waals surface area (Å²) < 4.78 is 9.94. The van der Waals surface area contributed by atoms with Crippen LogP contribution in [0, 0.1) is 17.0 Å². The molecule has 9 nitrogen and oxygen atoms in total. The molecule has 0 aliphatic heterocycles. The highest BCUT2D eigenvalue weighted by Gasteiger charge is 2.16. The predicted octanol–water partition coefficient (Wildman–Crippen LogP) is 2.23. The molecular formula is C14H16N4O5. The summed E-state index contributed by atoms with van der Waals surface area (Å²) in [7, 11) is 0. The second kappa shape index (κ2) is 7.43. The highest BCUT2D eigenvalue weighted by molar-refractivity contribution is 5.69. The van der Waals surface area contributed by atoms with E-state index in [1.807, 2.05) is 0 Å². The van der Waals surface area contributed by atoms with Crippen LogP contribution in [0.4, 0.5) is 5.69 Å². The standard InChI is InChI=1S/C14H16N4O5/c1-3-22-12(19)6-4-5-11-16-14(17-23-11)13-9(2)7-10(8-15-13)18(20)21/h7-8H,3-6H2,1-2H3. The van der Waals surface area contributed by atoms with Crippen molar-refractivity contribution in [2.75, 3.05) is 6.61 Å². The van der Waals surface area contributed by atoms with Gasteiger partial charge < -0.3 is 9.26 Å². The minimum absolute atomic E-state index is 0.0931. The zero-order chi connectivity index (χ0) is 16.8. The first-order chi connectivity index (χ1) is 11.0. The smallest absolute Gasteiger partial charge is 0.305 e. The van der Waals surface area contributed by atoms with E-state index in [1.165, 1.54) is 6.07 Å². The third kappa shape index (κ3) is 4.31. The lowest BCUT2D eigenvalue weighted by Gasteiger charge is -1.99. The Kier molecular flexibility index (Phi) is 5.34. The molecule has 0 fully saturated rings. The van der Waals surface area contributed by atoms with Crippen molar-refractivity contribution < 1.29 is 19.0 Å². The number of aryl methyl sites for hydroxylation is 2. The minimum Gasteiger partial charge on any atom is -0.466 e. The number of pyridine rings is 1. The average Bonchev–Trinajstić information content (AvgIpc) is 2.96. The Morgan fingerprint density at radius 3 is 2.91 bits per heavy atom. The number of ether oxygens (including phenoxy) is 1. The van der Waals surface area contributed by atoms with Gasteiger partial charge in [0.2, 0.25) is 11.7 Å². The summed E-state index contributed by atoms with van der Waals surface area (Å²) >= 11 is 0. The summed E-state index contributed by atoms with van der Waals surface area (Å²) in [5.41, 5.74) is 0.915. The van der Waals surface area contributed by atoms with Crippen LogP contribution < -0.4 is 0 Å². The number of hydrogen-bond donors (Lipinski definition) is 0. The van der Waals surface area contributed by atoms with Crippen molar-refractivity contribution in [1.29, 1.82) is 0 Å². The molecule has 2 aromatic rings. The molecule has 122 valence electrons. The third-order valence-electron chi connectivity index (χ3n) is 3.03. The van der Waals surface area contributed by atoms with Crippen LogP contribution in [0.5, 0.6) is 0 Å². The van der Waals surface area contributed by atoms with E-state index >= 15 is 0 Å². The highest BCUT2D eigenvalue weighted by atomic mass is 16.6. The van der Waals surface area contributed by atoms with Gasteiger partial charge in [-0.1, -0.05) is 5.16 Å². The van der Waals surface area contributed by atoms with E-state index in [-0.39, 0.29) is 23.9 Å². The number of nitrogens with zero attached hydrogens (tertiary/aromatic N) is 4. The second-order valence-electron chi connectivity index (χ2n) is 4.79. The van der Waals surface area contributed by atoms with Crippen LogP contribution in [0.1, 0.15) is 31.2 Å². The average molecular weight is 320 g/mol. The van der Waals surface area contributed by atoms with Crippen LogP contribution in [0.2, 0.25) is 0 Å². The van der Waals surface area contributed by atoms with Crippen LogP contribution >= 0.6 is 0 Å². The second-order valence-corrected chi connectivity index (χ2v) is 4.79. The van der Waals surface area contributed by atoms with Crippen molar-refractivity contribution in [3.8, 4) is 11.5 Å². The van der Waals surface area contributed by atoms with E-state index in [2.05, 4.69) is 15.1 Å². The molecule has 0 bridgehead atoms. The number of carbonyl (C=O) groups excluding carboxylic acids is 1. The van der Waals surface area contributed by atoms with Gasteiger partial charge in [0.15, 0.2) is 0 Å². The monoisotopic (exact) mass is 320 g/mol. The Morgan fingerprint density at radius 1 is 1.48 bits per heavy atom. The van der Waals surface area contributed by atoms with Gasteiger partial charge in [0, 0.05) is 18.9 Å². The topological polar surface area (TPSA) is 121 Å². The molecule has 0 saturated carbocycles. The molecule has 0 aliphatic rings. The van der Waals surface area contributed by atoms with E-state index in [9.17, 15) is 14.9 Å². The van der Waals surface area contributed by atoms with Crippen molar-refractivity contribution in [3.05, 3.63) is 33.8 Å². The zero-order valence-corrected chi connectivity index (χ0v) is 12.8. The Labute approximate surface area is 131 Å². The summed E-state index contributed by atoms with van der Waals surface area (Å²) in [5, 5.41) is 14.5. The number of esters is 1. The molecule has 2 rings (SSSR count). The molecule has 0 spiro atoms. The summed E-state index contributed by atoms with van der Waals surface area (Å²) in [6.45, 7) is 3.79. The third-order valence-corrected chi connectivity index (χ3v) is 3.03. The fourth-order valence-corrected chi connectivity index (χ4v) is 1.96. The molecule has 0 radical (unpaired) electrons. The van der Waals surface area contributed by atoms with Crippen LogP contribution in [-0.4, -0.2) is 32.6 Å². The van der Waals surface area contributed by atoms with Crippen molar-refractivity contribution in [2.24, 2.45) is 0 Å². The van der Waals surface area contributed by atoms with Crippen molar-refractivity contribution in [1.82, 2.24) is 15.1 Å². The Bertz CT molecular complexity index is 713. The van der Waals surface area contributed by atoms with E-state index in [0.29, 0.717) is 36.6 Å². The van der Waals surface area contributed by atoms with Gasteiger partial charge in [-0.2, -0.15) is 4.98 Å². The van der Waals surface area contributed by atoms with Gasteiger partial charge in [-0.05, 0) is 25.8 Å². The molecule has 23 heavy (non-hydrogen) atoms. The lowest BCUT2D eigenvalue weighted by molar-refractivity contribution is -0.385. The zero-order valence-electron chi connectivity index (χ0n) is 12.8. The maximum absolute atomic E-state index is 11.2. The molecule has 2 heterocycles. The van der Waals surface area contributed by atoms with Crippen LogP contribution in [0.3, 0.4) is 0 Å². The van der Waals surface area contributed by atoms with Crippen LogP contribution in [-0.2, 0) is 16.0 Å². The lowest BCUT2D eigenvalue weighted by Crippen LogP contribution is -2.04. The van der Waals surface area contributed by atoms with Crippen molar-refractivity contribution in [2.45, 2.75) is 33.1 Å². The molecule has 0 atom stereocenters. The van der Waals surface area contributed by atoms with E-state index in [4.69, 9.17) is 9.26 Å². The van der Waals surface area contributed by atoms with Gasteiger partial charge in [-0.25, -0.2) is 4.98 Å². The molecule has 0 aliphatic carbocycles. The fourth-order valence-electron chi connectivity index (χ4n) is 1.96. The SMILES string of the molecule is CCOC(=O)CCCc1nc(-c2ncc([N+](=O)[O-])cc2C)no1. The largest absolute Gasteiger partial charge is 0.466 e. The minimum atomic E-state index is -0.513. The summed E-state index contributed by atoms with van der Waals surface area (Å²) in [4.78, 5) is 29.6. The van der Waals surface area contributed by atoms with Gasteiger partial charge in [-0.3, -0.25) is 14.9 Å². The molecule has 0 aromatic carbocycles. The highest BCUT2D eigenvalue weighted by Crippen LogP contribution is 2.22. The summed E-state index contributed by atoms with van der Waals surface area (Å²) in [6.07, 6.45) is 2.41. The van der Waals surface area contributed by atoms with Crippen LogP contribution in [0.25, 0.3) is 11.5 Å². The maximum atomic E-state index is 11.2. The first-order valence-corrected chi connectivity index (χ1v) is 7.11. The summed E-state index contributed by atoms with van der Waals surface area (Å²) in [5.74, 6) is 0.382. The first-order valence-electron chi connectivity index (χ1n) is 7.11. The Morgan fingerprint density at radius 2 is 2.26 bits per heavy atom. The summed E-state index contributed by atoms with van der Waals surface area (Å²) in [6, 6.07) is 1.40. The van der Waals surface area contributed by atoms with Gasteiger partial charge >= 0.3 is 5.97 Å². The van der Waals surface area contributed by atoms with Gasteiger partial charge in [0.25, 0.3) is 5.69 Å². The number of hydrogen-bond acceptors (Lipinski definition) is 8. The number of rotatable bonds is 7. The van der Waals surface area contributed by atoms with Crippen LogP contribution in [0.15, 0.2) is 16.8 Å². The quantitative estimate of drug-likeness (QED) is 0.432. The maximum Gasteiger partial charge on any atom is 0.305 e. The number of aromatic nitrogens is 3. The molecule has 2 aromatic heterocycles. The van der Waals surface area contributed by atoms with E-state index < -0.39 is 4.92 Å². The van der Waals surface area contributed by atoms with Gasteiger partial charge in [0.1, 0.15) is 11.9 Å². The molecule has 0 saturated heterocycles. The fraction of sp³-hybridized carbons (Fsp3) is 0.429. The molecular weight excluding hydrogens is 304 g/mol. The van der Waals surface area contributed by atoms with E-state index in [1.54, 1.807) is 13.8 Å². The molecule has 0 N–H and O–H groups in total. The van der Waals surface area contributed by atoms with Crippen molar-refractivity contribution in [3.63, 3.8) is 0 Å². The van der Waals surface area contributed by atoms with Gasteiger partial charge in [-0.15, -0.1) is 0 Å². The molecule has 0 amide bonds. The Balaban J connectivity index is 2.02. The van der Waals surface area contributed by atoms with Gasteiger partial charge in [0.05, 0.1) is 11.5 Å². The normalized spacial score (nSPS) is 10.5.